The monoisotopic (exact) mass is 191 g/mol. The van der Waals surface area contributed by atoms with Crippen molar-refractivity contribution in [2.45, 2.75) is 38.0 Å². The van der Waals surface area contributed by atoms with E-state index in [1.807, 2.05) is 30.3 Å². The Labute approximate surface area is 85.0 Å². The summed E-state index contributed by atoms with van der Waals surface area (Å²) in [5.74, 6) is 0. The topological polar surface area (TPSA) is 32.3 Å². The third-order valence-electron chi connectivity index (χ3n) is 2.93. The van der Waals surface area contributed by atoms with Gasteiger partial charge in [-0.3, -0.25) is 0 Å². The van der Waals surface area contributed by atoms with Gasteiger partial charge < -0.3 is 10.4 Å². The fourth-order valence-corrected chi connectivity index (χ4v) is 2.09. The van der Waals surface area contributed by atoms with E-state index in [2.05, 4.69) is 12.2 Å². The highest BCUT2D eigenvalue weighted by Crippen LogP contribution is 2.24. The van der Waals surface area contributed by atoms with E-state index in [0.717, 1.165) is 18.4 Å². The fourth-order valence-electron chi connectivity index (χ4n) is 2.09. The summed E-state index contributed by atoms with van der Waals surface area (Å²) in [5, 5.41) is 13.5. The highest BCUT2D eigenvalue weighted by molar-refractivity contribution is 5.19. The number of nitrogens with one attached hydrogen (secondary N) is 1. The largest absolute Gasteiger partial charge is 0.387 e. The summed E-state index contributed by atoms with van der Waals surface area (Å²) in [6, 6.07) is 10.6. The van der Waals surface area contributed by atoms with Crippen molar-refractivity contribution >= 4 is 0 Å². The first-order valence-electron chi connectivity index (χ1n) is 5.26. The van der Waals surface area contributed by atoms with E-state index in [9.17, 15) is 5.11 Å². The molecule has 1 aliphatic heterocycles. The van der Waals surface area contributed by atoms with Gasteiger partial charge in [0.1, 0.15) is 0 Å². The lowest BCUT2D eigenvalue weighted by Crippen LogP contribution is -2.32. The molecule has 2 unspecified atom stereocenters. The third kappa shape index (κ3) is 1.97. The molecule has 2 heteroatoms. The first-order chi connectivity index (χ1) is 6.77. The van der Waals surface area contributed by atoms with Gasteiger partial charge >= 0.3 is 0 Å². The van der Waals surface area contributed by atoms with Crippen LogP contribution in [-0.2, 0) is 0 Å². The second kappa shape index (κ2) is 4.11. The van der Waals surface area contributed by atoms with E-state index in [4.69, 9.17) is 0 Å². The van der Waals surface area contributed by atoms with Gasteiger partial charge in [-0.2, -0.15) is 0 Å². The zero-order valence-electron chi connectivity index (χ0n) is 8.48. The van der Waals surface area contributed by atoms with Crippen LogP contribution in [0.5, 0.6) is 0 Å². The molecule has 0 radical (unpaired) electrons. The van der Waals surface area contributed by atoms with Crippen molar-refractivity contribution in [3.63, 3.8) is 0 Å². The summed E-state index contributed by atoms with van der Waals surface area (Å²) in [7, 11) is 0. The number of hydrogen-bond donors (Lipinski definition) is 2. The Morgan fingerprint density at radius 1 is 1.29 bits per heavy atom. The van der Waals surface area contributed by atoms with Crippen LogP contribution in [0.4, 0.5) is 0 Å². The number of hydrogen-bond acceptors (Lipinski definition) is 2. The summed E-state index contributed by atoms with van der Waals surface area (Å²) in [6.07, 6.45) is 1.87. The maximum Gasteiger partial charge on any atom is 0.0943 e. The lowest BCUT2D eigenvalue weighted by molar-refractivity contribution is 0.135. The lowest BCUT2D eigenvalue weighted by atomic mass is 10.0. The van der Waals surface area contributed by atoms with Gasteiger partial charge in [-0.1, -0.05) is 30.3 Å². The highest BCUT2D eigenvalue weighted by Gasteiger charge is 2.27. The molecule has 0 spiro atoms. The van der Waals surface area contributed by atoms with Crippen molar-refractivity contribution in [2.24, 2.45) is 0 Å². The van der Waals surface area contributed by atoms with Crippen molar-refractivity contribution < 1.29 is 5.11 Å². The smallest absolute Gasteiger partial charge is 0.0943 e. The minimum Gasteiger partial charge on any atom is -0.387 e. The van der Waals surface area contributed by atoms with E-state index in [0.29, 0.717) is 6.04 Å². The quantitative estimate of drug-likeness (QED) is 0.748. The van der Waals surface area contributed by atoms with Crippen LogP contribution in [0.3, 0.4) is 0 Å². The van der Waals surface area contributed by atoms with Gasteiger partial charge in [0.05, 0.1) is 6.10 Å². The van der Waals surface area contributed by atoms with Crippen LogP contribution in [0, 0.1) is 0 Å². The molecule has 14 heavy (non-hydrogen) atoms. The first-order valence-corrected chi connectivity index (χ1v) is 5.26. The summed E-state index contributed by atoms with van der Waals surface area (Å²) < 4.78 is 0. The van der Waals surface area contributed by atoms with Gasteiger partial charge in [-0.05, 0) is 25.3 Å². The molecule has 1 aliphatic rings. The predicted octanol–water partition coefficient (Wildman–Crippen LogP) is 1.86. The molecular weight excluding hydrogens is 174 g/mol. The average Bonchev–Trinajstić information content (AvgIpc) is 2.65. The summed E-state index contributed by atoms with van der Waals surface area (Å²) in [5.41, 5.74) is 1.01. The molecule has 1 aromatic rings. The SMILES string of the molecule is CC1CCC([C@H](O)c2ccccc2)N1. The molecule has 1 fully saturated rings. The second-order valence-electron chi connectivity index (χ2n) is 4.11. The van der Waals surface area contributed by atoms with Crippen LogP contribution in [0.15, 0.2) is 30.3 Å². The van der Waals surface area contributed by atoms with Gasteiger partial charge in [0.25, 0.3) is 0 Å². The van der Waals surface area contributed by atoms with Crippen LogP contribution in [0.2, 0.25) is 0 Å². The molecule has 0 bridgehead atoms. The zero-order chi connectivity index (χ0) is 9.97. The summed E-state index contributed by atoms with van der Waals surface area (Å²) >= 11 is 0. The van der Waals surface area contributed by atoms with Gasteiger partial charge in [0.2, 0.25) is 0 Å². The minimum atomic E-state index is -0.360. The molecule has 0 amide bonds. The number of aliphatic hydroxyl groups excluding tert-OH is 1. The Hall–Kier alpha value is -0.860. The standard InChI is InChI=1S/C12H17NO/c1-9-7-8-11(13-9)12(14)10-5-3-2-4-6-10/h2-6,9,11-14H,7-8H2,1H3/t9?,11?,12-/m1/s1. The second-order valence-corrected chi connectivity index (χ2v) is 4.11. The van der Waals surface area contributed by atoms with Gasteiger partial charge in [0, 0.05) is 12.1 Å². The van der Waals surface area contributed by atoms with Gasteiger partial charge in [-0.15, -0.1) is 0 Å². The molecule has 3 atom stereocenters. The molecular formula is C12H17NO. The molecule has 2 N–H and O–H groups in total. The van der Waals surface area contributed by atoms with Crippen LogP contribution in [0.25, 0.3) is 0 Å². The van der Waals surface area contributed by atoms with Crippen molar-refractivity contribution in [1.82, 2.24) is 5.32 Å². The van der Waals surface area contributed by atoms with Crippen LogP contribution >= 0.6 is 0 Å². The normalized spacial score (nSPS) is 29.0. The molecule has 1 aromatic carbocycles. The Kier molecular flexibility index (Phi) is 2.85. The van der Waals surface area contributed by atoms with Crippen molar-refractivity contribution in [3.05, 3.63) is 35.9 Å². The summed E-state index contributed by atoms with van der Waals surface area (Å²) in [6.45, 7) is 2.16. The lowest BCUT2D eigenvalue weighted by Gasteiger charge is -2.19. The van der Waals surface area contributed by atoms with Gasteiger partial charge in [-0.25, -0.2) is 0 Å². The highest BCUT2D eigenvalue weighted by atomic mass is 16.3. The van der Waals surface area contributed by atoms with Crippen LogP contribution in [-0.4, -0.2) is 17.2 Å². The number of rotatable bonds is 2. The van der Waals surface area contributed by atoms with E-state index in [1.54, 1.807) is 0 Å². The maximum absolute atomic E-state index is 10.1. The van der Waals surface area contributed by atoms with E-state index in [-0.39, 0.29) is 12.1 Å². The molecule has 1 heterocycles. The Morgan fingerprint density at radius 3 is 2.57 bits per heavy atom. The Morgan fingerprint density at radius 2 is 2.00 bits per heavy atom. The van der Waals surface area contributed by atoms with E-state index in [1.165, 1.54) is 0 Å². The molecule has 2 rings (SSSR count). The molecule has 0 aliphatic carbocycles. The zero-order valence-corrected chi connectivity index (χ0v) is 8.48. The third-order valence-corrected chi connectivity index (χ3v) is 2.93. The van der Waals surface area contributed by atoms with Crippen molar-refractivity contribution in [3.8, 4) is 0 Å². The molecule has 0 aromatic heterocycles. The molecule has 2 nitrogen and oxygen atoms in total. The molecule has 76 valence electrons. The van der Waals surface area contributed by atoms with Crippen molar-refractivity contribution in [1.29, 1.82) is 0 Å². The Balaban J connectivity index is 2.05. The predicted molar refractivity (Wildman–Crippen MR) is 57.0 cm³/mol. The first kappa shape index (κ1) is 9.69. The van der Waals surface area contributed by atoms with Crippen LogP contribution < -0.4 is 5.32 Å². The van der Waals surface area contributed by atoms with E-state index >= 15 is 0 Å². The maximum atomic E-state index is 10.1. The minimum absolute atomic E-state index is 0.229. The van der Waals surface area contributed by atoms with Crippen LogP contribution in [0.1, 0.15) is 31.4 Å². The van der Waals surface area contributed by atoms with Gasteiger partial charge in [0.15, 0.2) is 0 Å². The van der Waals surface area contributed by atoms with E-state index < -0.39 is 0 Å². The number of benzene rings is 1. The summed E-state index contributed by atoms with van der Waals surface area (Å²) in [4.78, 5) is 0. The Bertz CT molecular complexity index is 286. The average molecular weight is 191 g/mol. The fraction of sp³-hybridized carbons (Fsp3) is 0.500. The number of aliphatic hydroxyl groups is 1. The molecule has 0 saturated carbocycles. The van der Waals surface area contributed by atoms with Crippen molar-refractivity contribution in [2.75, 3.05) is 0 Å². The molecule has 1 saturated heterocycles.